The Morgan fingerprint density at radius 3 is 2.68 bits per heavy atom. The second-order valence-electron chi connectivity index (χ2n) is 3.55. The van der Waals surface area contributed by atoms with Crippen LogP contribution in [0.15, 0.2) is 29.4 Å². The van der Waals surface area contributed by atoms with E-state index in [0.717, 1.165) is 11.8 Å². The number of ether oxygens (including phenoxy) is 2. The average molecular weight is 280 g/mol. The van der Waals surface area contributed by atoms with Crippen LogP contribution in [0.3, 0.4) is 0 Å². The van der Waals surface area contributed by atoms with E-state index >= 15 is 0 Å². The van der Waals surface area contributed by atoms with Gasteiger partial charge in [0.2, 0.25) is 0 Å². The van der Waals surface area contributed by atoms with Gasteiger partial charge in [0.25, 0.3) is 0 Å². The van der Waals surface area contributed by atoms with Crippen LogP contribution in [0.2, 0.25) is 0 Å². The van der Waals surface area contributed by atoms with Gasteiger partial charge in [-0.3, -0.25) is 4.79 Å². The molecule has 19 heavy (non-hydrogen) atoms. The van der Waals surface area contributed by atoms with Gasteiger partial charge in [0.05, 0.1) is 31.0 Å². The van der Waals surface area contributed by atoms with Crippen molar-refractivity contribution in [2.75, 3.05) is 20.0 Å². The van der Waals surface area contributed by atoms with Gasteiger partial charge < -0.3 is 9.47 Å². The quantitative estimate of drug-likeness (QED) is 0.632. The first-order valence-electron chi connectivity index (χ1n) is 5.42. The smallest absolute Gasteiger partial charge is 0.420 e. The molecule has 0 N–H and O–H groups in total. The second-order valence-corrected chi connectivity index (χ2v) is 4.50. The summed E-state index contributed by atoms with van der Waals surface area (Å²) in [5.74, 6) is -0.301. The zero-order valence-electron chi connectivity index (χ0n) is 10.5. The van der Waals surface area contributed by atoms with Crippen molar-refractivity contribution in [3.05, 3.63) is 24.3 Å². The summed E-state index contributed by atoms with van der Waals surface area (Å²) in [6, 6.07) is 7.18. The van der Waals surface area contributed by atoms with Crippen LogP contribution >= 0.6 is 11.8 Å². The van der Waals surface area contributed by atoms with Gasteiger partial charge in [0.1, 0.15) is 0 Å². The number of benzene rings is 1. The highest BCUT2D eigenvalue weighted by Crippen LogP contribution is 2.24. The van der Waals surface area contributed by atoms with Crippen LogP contribution in [0.1, 0.15) is 0 Å². The fraction of sp³-hybridized carbons (Fsp3) is 0.250. The molecule has 0 saturated heterocycles. The molecule has 100 valence electrons. The van der Waals surface area contributed by atoms with E-state index in [4.69, 9.17) is 4.74 Å². The number of esters is 1. The van der Waals surface area contributed by atoms with Gasteiger partial charge in [0.15, 0.2) is 5.16 Å². The number of thioether (sulfide) groups is 1. The summed E-state index contributed by atoms with van der Waals surface area (Å²) in [5, 5.41) is 0.401. The maximum atomic E-state index is 11.8. The molecule has 0 bridgehead atoms. The first-order chi connectivity index (χ1) is 9.17. The van der Waals surface area contributed by atoms with Gasteiger partial charge in [-0.25, -0.2) is 14.3 Å². The van der Waals surface area contributed by atoms with Crippen LogP contribution in [0.25, 0.3) is 11.0 Å². The number of imidazole rings is 1. The molecule has 0 aliphatic carbocycles. The molecule has 0 spiro atoms. The van der Waals surface area contributed by atoms with Crippen molar-refractivity contribution in [2.24, 2.45) is 0 Å². The highest BCUT2D eigenvalue weighted by Gasteiger charge is 2.18. The molecular weight excluding hydrogens is 268 g/mol. The molecule has 0 aliphatic rings. The molecule has 2 aromatic rings. The van der Waals surface area contributed by atoms with E-state index in [-0.39, 0.29) is 11.7 Å². The predicted octanol–water partition coefficient (Wildman–Crippen LogP) is 1.92. The third-order valence-corrected chi connectivity index (χ3v) is 3.35. The van der Waals surface area contributed by atoms with Crippen LogP contribution in [-0.2, 0) is 14.3 Å². The number of hydrogen-bond donors (Lipinski definition) is 0. The van der Waals surface area contributed by atoms with Gasteiger partial charge >= 0.3 is 12.1 Å². The Balaban J connectivity index is 2.41. The molecule has 0 amide bonds. The third-order valence-electron chi connectivity index (χ3n) is 2.43. The predicted molar refractivity (Wildman–Crippen MR) is 70.3 cm³/mol. The summed E-state index contributed by atoms with van der Waals surface area (Å²) in [4.78, 5) is 27.3. The molecule has 6 nitrogen and oxygen atoms in total. The standard InChI is InChI=1S/C12H12N2O4S/c1-17-10(15)7-19-11-13-8-5-3-4-6-9(8)14(11)12(16)18-2/h3-6H,7H2,1-2H3. The molecular formula is C12H12N2O4S. The molecule has 1 heterocycles. The van der Waals surface area contributed by atoms with Crippen molar-refractivity contribution < 1.29 is 19.1 Å². The number of nitrogens with zero attached hydrogens (tertiary/aromatic N) is 2. The van der Waals surface area contributed by atoms with Crippen molar-refractivity contribution >= 4 is 34.9 Å². The second kappa shape index (κ2) is 5.75. The Labute approximate surface area is 113 Å². The molecule has 0 fully saturated rings. The number of carbonyl (C=O) groups is 2. The lowest BCUT2D eigenvalue weighted by Gasteiger charge is -2.05. The molecule has 1 aromatic carbocycles. The summed E-state index contributed by atoms with van der Waals surface area (Å²) in [7, 11) is 2.61. The van der Waals surface area contributed by atoms with E-state index in [0.29, 0.717) is 16.2 Å². The Hall–Kier alpha value is -2.02. The minimum Gasteiger partial charge on any atom is -0.468 e. The Morgan fingerprint density at radius 2 is 2.00 bits per heavy atom. The lowest BCUT2D eigenvalue weighted by atomic mass is 10.3. The van der Waals surface area contributed by atoms with Crippen LogP contribution in [-0.4, -0.2) is 41.6 Å². The number of aromatic nitrogens is 2. The molecule has 0 aliphatic heterocycles. The zero-order valence-corrected chi connectivity index (χ0v) is 11.3. The topological polar surface area (TPSA) is 70.4 Å². The number of methoxy groups -OCH3 is 2. The lowest BCUT2D eigenvalue weighted by molar-refractivity contribution is -0.137. The first-order valence-corrected chi connectivity index (χ1v) is 6.41. The Morgan fingerprint density at radius 1 is 1.26 bits per heavy atom. The third kappa shape index (κ3) is 2.70. The Kier molecular flexibility index (Phi) is 4.06. The van der Waals surface area contributed by atoms with E-state index in [9.17, 15) is 9.59 Å². The van der Waals surface area contributed by atoms with Gasteiger partial charge in [-0.05, 0) is 12.1 Å². The van der Waals surface area contributed by atoms with Gasteiger partial charge in [-0.15, -0.1) is 0 Å². The first kappa shape index (κ1) is 13.4. The van der Waals surface area contributed by atoms with Crippen LogP contribution in [0, 0.1) is 0 Å². The summed E-state index contributed by atoms with van der Waals surface area (Å²) < 4.78 is 10.6. The molecule has 0 unspecified atom stereocenters. The zero-order chi connectivity index (χ0) is 13.8. The van der Waals surface area contributed by atoms with Crippen molar-refractivity contribution in [3.63, 3.8) is 0 Å². The van der Waals surface area contributed by atoms with Crippen molar-refractivity contribution in [3.8, 4) is 0 Å². The number of rotatable bonds is 3. The van der Waals surface area contributed by atoms with Crippen molar-refractivity contribution in [2.45, 2.75) is 5.16 Å². The van der Waals surface area contributed by atoms with Crippen LogP contribution in [0.4, 0.5) is 4.79 Å². The van der Waals surface area contributed by atoms with Crippen LogP contribution < -0.4 is 0 Å². The van der Waals surface area contributed by atoms with E-state index in [1.807, 2.05) is 6.07 Å². The van der Waals surface area contributed by atoms with Crippen molar-refractivity contribution in [1.29, 1.82) is 0 Å². The molecule has 0 radical (unpaired) electrons. The van der Waals surface area contributed by atoms with Gasteiger partial charge in [-0.2, -0.15) is 0 Å². The van der Waals surface area contributed by atoms with Crippen molar-refractivity contribution in [1.82, 2.24) is 9.55 Å². The summed E-state index contributed by atoms with van der Waals surface area (Å²) in [6.07, 6.45) is -0.541. The summed E-state index contributed by atoms with van der Waals surface area (Å²) in [5.41, 5.74) is 1.31. The highest BCUT2D eigenvalue weighted by molar-refractivity contribution is 7.99. The number of carbonyl (C=O) groups excluding carboxylic acids is 2. The molecule has 1 aromatic heterocycles. The number of para-hydroxylation sites is 2. The fourth-order valence-corrected chi connectivity index (χ4v) is 2.38. The highest BCUT2D eigenvalue weighted by atomic mass is 32.2. The normalized spacial score (nSPS) is 10.4. The lowest BCUT2D eigenvalue weighted by Crippen LogP contribution is -2.13. The van der Waals surface area contributed by atoms with E-state index in [2.05, 4.69) is 9.72 Å². The minimum atomic E-state index is -0.541. The van der Waals surface area contributed by atoms with E-state index in [1.165, 1.54) is 18.8 Å². The summed E-state index contributed by atoms with van der Waals surface area (Å²) >= 11 is 1.13. The van der Waals surface area contributed by atoms with Crippen LogP contribution in [0.5, 0.6) is 0 Å². The maximum absolute atomic E-state index is 11.8. The molecule has 0 saturated carbocycles. The SMILES string of the molecule is COC(=O)CSc1nc2ccccc2n1C(=O)OC. The largest absolute Gasteiger partial charge is 0.468 e. The molecule has 0 atom stereocenters. The monoisotopic (exact) mass is 280 g/mol. The summed E-state index contributed by atoms with van der Waals surface area (Å²) in [6.45, 7) is 0. The fourth-order valence-electron chi connectivity index (χ4n) is 1.55. The van der Waals surface area contributed by atoms with Gasteiger partial charge in [0, 0.05) is 0 Å². The number of hydrogen-bond acceptors (Lipinski definition) is 6. The maximum Gasteiger partial charge on any atom is 0.420 e. The molecule has 2 rings (SSSR count). The van der Waals surface area contributed by atoms with E-state index in [1.54, 1.807) is 18.2 Å². The number of fused-ring (bicyclic) bond motifs is 1. The average Bonchev–Trinajstić information content (AvgIpc) is 2.82. The Bertz CT molecular complexity index is 623. The molecule has 7 heteroatoms. The minimum absolute atomic E-state index is 0.0802. The van der Waals surface area contributed by atoms with E-state index < -0.39 is 6.09 Å². The van der Waals surface area contributed by atoms with Gasteiger partial charge in [-0.1, -0.05) is 23.9 Å².